The van der Waals surface area contributed by atoms with Gasteiger partial charge in [0.15, 0.2) is 0 Å². The number of hydrogen-bond donors (Lipinski definition) is 1. The zero-order valence-corrected chi connectivity index (χ0v) is 13.6. The summed E-state index contributed by atoms with van der Waals surface area (Å²) in [5, 5.41) is 0.672. The van der Waals surface area contributed by atoms with Gasteiger partial charge in [0.2, 0.25) is 17.8 Å². The number of aromatic nitrogens is 3. The molecule has 112 valence electrons. The first-order valence-corrected chi connectivity index (χ1v) is 7.96. The SMILES string of the molecule is CN(C)c1nc(NSC2CCCCC2)nc(N(C)C)n1. The molecule has 0 atom stereocenters. The van der Waals surface area contributed by atoms with Crippen molar-refractivity contribution in [3.63, 3.8) is 0 Å². The fourth-order valence-corrected chi connectivity index (χ4v) is 3.05. The van der Waals surface area contributed by atoms with Crippen molar-refractivity contribution in [1.29, 1.82) is 0 Å². The lowest BCUT2D eigenvalue weighted by Crippen LogP contribution is -2.20. The molecule has 0 unspecified atom stereocenters. The van der Waals surface area contributed by atoms with E-state index in [1.54, 1.807) is 11.9 Å². The lowest BCUT2D eigenvalue weighted by molar-refractivity contribution is 0.516. The van der Waals surface area contributed by atoms with E-state index in [-0.39, 0.29) is 0 Å². The zero-order chi connectivity index (χ0) is 14.5. The molecule has 1 saturated carbocycles. The Morgan fingerprint density at radius 3 is 1.95 bits per heavy atom. The minimum Gasteiger partial charge on any atom is -0.347 e. The second kappa shape index (κ2) is 6.97. The molecule has 1 aromatic rings. The summed E-state index contributed by atoms with van der Waals surface area (Å²) in [5.41, 5.74) is 0. The maximum absolute atomic E-state index is 4.44. The maximum atomic E-state index is 4.44. The van der Waals surface area contributed by atoms with Crippen LogP contribution in [0.4, 0.5) is 17.8 Å². The standard InChI is InChI=1S/C13H24N6S/c1-18(2)12-14-11(15-13(16-12)19(3)4)17-20-10-8-6-5-7-9-10/h10H,5-9H2,1-4H3,(H,14,15,16,17). The molecule has 20 heavy (non-hydrogen) atoms. The summed E-state index contributed by atoms with van der Waals surface area (Å²) in [6.45, 7) is 0. The molecular weight excluding hydrogens is 272 g/mol. The summed E-state index contributed by atoms with van der Waals surface area (Å²) >= 11 is 1.75. The van der Waals surface area contributed by atoms with Gasteiger partial charge in [-0.25, -0.2) is 0 Å². The molecule has 0 radical (unpaired) electrons. The maximum Gasteiger partial charge on any atom is 0.239 e. The minimum atomic E-state index is 0.642. The van der Waals surface area contributed by atoms with E-state index in [0.717, 1.165) is 0 Å². The van der Waals surface area contributed by atoms with Crippen molar-refractivity contribution < 1.29 is 0 Å². The Hall–Kier alpha value is -1.24. The second-order valence-corrected chi connectivity index (χ2v) is 6.63. The van der Waals surface area contributed by atoms with Crippen molar-refractivity contribution in [2.24, 2.45) is 0 Å². The van der Waals surface area contributed by atoms with Gasteiger partial charge in [-0.3, -0.25) is 4.72 Å². The van der Waals surface area contributed by atoms with Gasteiger partial charge >= 0.3 is 0 Å². The molecule has 1 aliphatic rings. The molecular formula is C13H24N6S. The third-order valence-corrected chi connectivity index (χ3v) is 4.39. The fraction of sp³-hybridized carbons (Fsp3) is 0.769. The van der Waals surface area contributed by atoms with Crippen molar-refractivity contribution in [2.45, 2.75) is 37.4 Å². The van der Waals surface area contributed by atoms with E-state index in [4.69, 9.17) is 0 Å². The Morgan fingerprint density at radius 2 is 1.45 bits per heavy atom. The highest BCUT2D eigenvalue weighted by molar-refractivity contribution is 8.01. The molecule has 1 heterocycles. The van der Waals surface area contributed by atoms with Crippen LogP contribution in [0.3, 0.4) is 0 Å². The van der Waals surface area contributed by atoms with Crippen molar-refractivity contribution in [3.05, 3.63) is 0 Å². The van der Waals surface area contributed by atoms with E-state index in [0.29, 0.717) is 23.1 Å². The largest absolute Gasteiger partial charge is 0.347 e. The smallest absolute Gasteiger partial charge is 0.239 e. The molecule has 1 fully saturated rings. The molecule has 1 N–H and O–H groups in total. The van der Waals surface area contributed by atoms with Gasteiger partial charge in [-0.05, 0) is 24.8 Å². The molecule has 6 nitrogen and oxygen atoms in total. The molecule has 0 amide bonds. The summed E-state index contributed by atoms with van der Waals surface area (Å²) in [6.07, 6.45) is 6.61. The van der Waals surface area contributed by atoms with Gasteiger partial charge in [0.25, 0.3) is 0 Å². The van der Waals surface area contributed by atoms with E-state index < -0.39 is 0 Å². The van der Waals surface area contributed by atoms with Crippen LogP contribution in [0.25, 0.3) is 0 Å². The second-order valence-electron chi connectivity index (χ2n) is 5.53. The van der Waals surface area contributed by atoms with E-state index in [1.165, 1.54) is 32.1 Å². The monoisotopic (exact) mass is 296 g/mol. The van der Waals surface area contributed by atoms with Crippen LogP contribution >= 0.6 is 11.9 Å². The summed E-state index contributed by atoms with van der Waals surface area (Å²) in [5.74, 6) is 1.99. The quantitative estimate of drug-likeness (QED) is 0.837. The number of nitrogens with zero attached hydrogens (tertiary/aromatic N) is 5. The summed E-state index contributed by atoms with van der Waals surface area (Å²) in [7, 11) is 7.75. The Labute approximate surface area is 125 Å². The highest BCUT2D eigenvalue weighted by Crippen LogP contribution is 2.28. The predicted octanol–water partition coefficient (Wildman–Crippen LogP) is 2.40. The number of rotatable bonds is 5. The lowest BCUT2D eigenvalue weighted by Gasteiger charge is -2.21. The van der Waals surface area contributed by atoms with Crippen LogP contribution in [0.1, 0.15) is 32.1 Å². The fourth-order valence-electron chi connectivity index (χ4n) is 2.12. The van der Waals surface area contributed by atoms with Crippen molar-refractivity contribution >= 4 is 29.8 Å². The van der Waals surface area contributed by atoms with Crippen molar-refractivity contribution in [3.8, 4) is 0 Å². The van der Waals surface area contributed by atoms with Crippen molar-refractivity contribution in [1.82, 2.24) is 15.0 Å². The van der Waals surface area contributed by atoms with Gasteiger partial charge < -0.3 is 9.80 Å². The molecule has 0 aromatic carbocycles. The molecule has 0 spiro atoms. The van der Waals surface area contributed by atoms with Gasteiger partial charge in [0.05, 0.1) is 0 Å². The lowest BCUT2D eigenvalue weighted by atomic mass is 10.0. The third kappa shape index (κ3) is 4.13. The highest BCUT2D eigenvalue weighted by Gasteiger charge is 2.15. The Morgan fingerprint density at radius 1 is 0.900 bits per heavy atom. The van der Waals surface area contributed by atoms with Crippen molar-refractivity contribution in [2.75, 3.05) is 42.7 Å². The third-order valence-electron chi connectivity index (χ3n) is 3.28. The first-order chi connectivity index (χ1) is 9.56. The van der Waals surface area contributed by atoms with E-state index in [2.05, 4.69) is 19.7 Å². The average molecular weight is 296 g/mol. The van der Waals surface area contributed by atoms with E-state index >= 15 is 0 Å². The van der Waals surface area contributed by atoms with Crippen LogP contribution in [0.2, 0.25) is 0 Å². The van der Waals surface area contributed by atoms with Gasteiger partial charge in [-0.2, -0.15) is 15.0 Å². The van der Waals surface area contributed by atoms with E-state index in [1.807, 2.05) is 38.0 Å². The van der Waals surface area contributed by atoms with Crippen LogP contribution < -0.4 is 14.5 Å². The number of nitrogens with one attached hydrogen (secondary N) is 1. The first-order valence-electron chi connectivity index (χ1n) is 7.08. The van der Waals surface area contributed by atoms with Gasteiger partial charge in [0, 0.05) is 33.4 Å². The van der Waals surface area contributed by atoms with Crippen LogP contribution in [0.5, 0.6) is 0 Å². The molecule has 2 rings (SSSR count). The molecule has 1 aliphatic carbocycles. The van der Waals surface area contributed by atoms with Crippen LogP contribution in [-0.2, 0) is 0 Å². The van der Waals surface area contributed by atoms with Gasteiger partial charge in [-0.1, -0.05) is 19.3 Å². The summed E-state index contributed by atoms with van der Waals surface area (Å²) < 4.78 is 3.31. The molecule has 1 aromatic heterocycles. The summed E-state index contributed by atoms with van der Waals surface area (Å²) in [4.78, 5) is 17.1. The van der Waals surface area contributed by atoms with Gasteiger partial charge in [0.1, 0.15) is 0 Å². The Kier molecular flexibility index (Phi) is 5.28. The minimum absolute atomic E-state index is 0.642. The van der Waals surface area contributed by atoms with Crippen LogP contribution in [-0.4, -0.2) is 48.4 Å². The molecule has 0 aliphatic heterocycles. The van der Waals surface area contributed by atoms with Crippen LogP contribution in [0.15, 0.2) is 0 Å². The number of hydrogen-bond acceptors (Lipinski definition) is 7. The van der Waals surface area contributed by atoms with E-state index in [9.17, 15) is 0 Å². The first kappa shape index (κ1) is 15.2. The Balaban J connectivity index is 2.05. The van der Waals surface area contributed by atoms with Crippen LogP contribution in [0, 0.1) is 0 Å². The molecule has 0 bridgehead atoms. The Bertz CT molecular complexity index is 405. The van der Waals surface area contributed by atoms with Gasteiger partial charge in [-0.15, -0.1) is 0 Å². The topological polar surface area (TPSA) is 57.2 Å². The average Bonchev–Trinajstić information content (AvgIpc) is 2.45. The number of anilines is 3. The highest BCUT2D eigenvalue weighted by atomic mass is 32.2. The zero-order valence-electron chi connectivity index (χ0n) is 12.8. The predicted molar refractivity (Wildman–Crippen MR) is 86.6 cm³/mol. The normalized spacial score (nSPS) is 16.0. The molecule has 7 heteroatoms. The molecule has 0 saturated heterocycles. The summed E-state index contributed by atoms with van der Waals surface area (Å²) in [6, 6.07) is 0.